The lowest BCUT2D eigenvalue weighted by Gasteiger charge is -2.39. The van der Waals surface area contributed by atoms with Gasteiger partial charge in [-0.25, -0.2) is 8.78 Å². The molecule has 2 aromatic rings. The number of benzene rings is 1. The van der Waals surface area contributed by atoms with Crippen molar-refractivity contribution in [2.45, 2.75) is 69.2 Å². The number of hydrogen-bond donors (Lipinski definition) is 1. The molecular weight excluding hydrogens is 352 g/mol. The molecular formula is C20H23F2N3O2. The lowest BCUT2D eigenvalue weighted by atomic mass is 9.64. The van der Waals surface area contributed by atoms with Crippen molar-refractivity contribution in [2.75, 3.05) is 0 Å². The van der Waals surface area contributed by atoms with Gasteiger partial charge in [-0.1, -0.05) is 36.9 Å². The number of aromatic nitrogens is 2. The van der Waals surface area contributed by atoms with Crippen molar-refractivity contribution in [1.82, 2.24) is 15.5 Å². The third kappa shape index (κ3) is 3.03. The molecule has 2 aliphatic rings. The fourth-order valence-electron chi connectivity index (χ4n) is 4.52. The minimum atomic E-state index is -0.713. The largest absolute Gasteiger partial charge is 0.343 e. The zero-order valence-corrected chi connectivity index (χ0v) is 15.4. The van der Waals surface area contributed by atoms with Gasteiger partial charge in [0.2, 0.25) is 11.8 Å². The molecule has 0 unspecified atom stereocenters. The highest BCUT2D eigenvalue weighted by atomic mass is 19.1. The molecule has 0 saturated heterocycles. The average molecular weight is 375 g/mol. The summed E-state index contributed by atoms with van der Waals surface area (Å²) in [5.74, 6) is -0.524. The molecule has 2 saturated carbocycles. The number of hydrogen-bond acceptors (Lipinski definition) is 4. The van der Waals surface area contributed by atoms with Gasteiger partial charge in [0.15, 0.2) is 5.82 Å². The SMILES string of the molecule is CC(=O)NC1(c2noc(C3(c4ccc(F)cc4F)CCC3)n2)CCCCC1. The van der Waals surface area contributed by atoms with Gasteiger partial charge in [0, 0.05) is 18.6 Å². The Labute approximate surface area is 156 Å². The molecule has 1 aromatic carbocycles. The first kappa shape index (κ1) is 18.1. The number of amides is 1. The molecule has 4 rings (SSSR count). The van der Waals surface area contributed by atoms with E-state index in [0.29, 0.717) is 30.1 Å². The van der Waals surface area contributed by atoms with E-state index in [1.807, 2.05) is 0 Å². The van der Waals surface area contributed by atoms with Gasteiger partial charge in [0.1, 0.15) is 17.2 Å². The number of rotatable bonds is 4. The van der Waals surface area contributed by atoms with Crippen molar-refractivity contribution in [3.63, 3.8) is 0 Å². The van der Waals surface area contributed by atoms with E-state index < -0.39 is 22.6 Å². The van der Waals surface area contributed by atoms with Crippen LogP contribution in [0.4, 0.5) is 8.78 Å². The third-order valence-electron chi connectivity index (χ3n) is 6.04. The van der Waals surface area contributed by atoms with Crippen LogP contribution in [0.1, 0.15) is 75.6 Å². The second kappa shape index (κ2) is 6.69. The van der Waals surface area contributed by atoms with E-state index in [9.17, 15) is 13.6 Å². The molecule has 0 bridgehead atoms. The molecule has 144 valence electrons. The Morgan fingerprint density at radius 2 is 1.85 bits per heavy atom. The summed E-state index contributed by atoms with van der Waals surface area (Å²) in [4.78, 5) is 16.4. The van der Waals surface area contributed by atoms with E-state index >= 15 is 0 Å². The van der Waals surface area contributed by atoms with Gasteiger partial charge < -0.3 is 9.84 Å². The molecule has 7 heteroatoms. The Kier molecular flexibility index (Phi) is 4.48. The molecule has 27 heavy (non-hydrogen) atoms. The molecule has 0 atom stereocenters. The van der Waals surface area contributed by atoms with Crippen molar-refractivity contribution in [2.24, 2.45) is 0 Å². The topological polar surface area (TPSA) is 68.0 Å². The first-order valence-corrected chi connectivity index (χ1v) is 9.54. The zero-order chi connectivity index (χ0) is 19.1. The van der Waals surface area contributed by atoms with Gasteiger partial charge in [0.25, 0.3) is 0 Å². The first-order valence-electron chi connectivity index (χ1n) is 9.54. The van der Waals surface area contributed by atoms with E-state index in [0.717, 1.165) is 44.6 Å². The highest BCUT2D eigenvalue weighted by molar-refractivity contribution is 5.74. The average Bonchev–Trinajstić information content (AvgIpc) is 3.07. The van der Waals surface area contributed by atoms with E-state index in [1.54, 1.807) is 0 Å². The van der Waals surface area contributed by atoms with Crippen molar-refractivity contribution in [1.29, 1.82) is 0 Å². The summed E-state index contributed by atoms with van der Waals surface area (Å²) < 4.78 is 33.4. The van der Waals surface area contributed by atoms with Gasteiger partial charge >= 0.3 is 0 Å². The number of halogens is 2. The van der Waals surface area contributed by atoms with Crippen LogP contribution in [0.25, 0.3) is 0 Å². The lowest BCUT2D eigenvalue weighted by Crippen LogP contribution is -2.47. The van der Waals surface area contributed by atoms with Crippen molar-refractivity contribution in [3.05, 3.63) is 47.1 Å². The van der Waals surface area contributed by atoms with Gasteiger partial charge in [0.05, 0.1) is 5.41 Å². The predicted molar refractivity (Wildman–Crippen MR) is 93.9 cm³/mol. The van der Waals surface area contributed by atoms with Gasteiger partial charge in [-0.2, -0.15) is 4.98 Å². The summed E-state index contributed by atoms with van der Waals surface area (Å²) in [6, 6.07) is 3.63. The van der Waals surface area contributed by atoms with Crippen molar-refractivity contribution >= 4 is 5.91 Å². The van der Waals surface area contributed by atoms with E-state index in [2.05, 4.69) is 15.5 Å². The predicted octanol–water partition coefficient (Wildman–Crippen LogP) is 4.11. The van der Waals surface area contributed by atoms with E-state index in [-0.39, 0.29) is 5.91 Å². The van der Waals surface area contributed by atoms with Gasteiger partial charge in [-0.05, 0) is 31.7 Å². The monoisotopic (exact) mass is 375 g/mol. The molecule has 1 heterocycles. The van der Waals surface area contributed by atoms with Crippen LogP contribution in [0.5, 0.6) is 0 Å². The molecule has 1 N–H and O–H groups in total. The van der Waals surface area contributed by atoms with Crippen LogP contribution in [0.3, 0.4) is 0 Å². The Balaban J connectivity index is 1.73. The van der Waals surface area contributed by atoms with Gasteiger partial charge in [-0.3, -0.25) is 4.79 Å². The third-order valence-corrected chi connectivity index (χ3v) is 6.04. The minimum Gasteiger partial charge on any atom is -0.343 e. The maximum absolute atomic E-state index is 14.5. The Bertz CT molecular complexity index is 855. The molecule has 5 nitrogen and oxygen atoms in total. The Hall–Kier alpha value is -2.31. The highest BCUT2D eigenvalue weighted by Gasteiger charge is 2.48. The summed E-state index contributed by atoms with van der Waals surface area (Å²) >= 11 is 0. The summed E-state index contributed by atoms with van der Waals surface area (Å²) in [7, 11) is 0. The van der Waals surface area contributed by atoms with Crippen LogP contribution in [-0.4, -0.2) is 16.0 Å². The zero-order valence-electron chi connectivity index (χ0n) is 15.4. The molecule has 1 amide bonds. The highest BCUT2D eigenvalue weighted by Crippen LogP contribution is 2.49. The first-order chi connectivity index (χ1) is 13.0. The minimum absolute atomic E-state index is 0.133. The van der Waals surface area contributed by atoms with Crippen molar-refractivity contribution < 1.29 is 18.1 Å². The summed E-state index contributed by atoms with van der Waals surface area (Å²) in [6.07, 6.45) is 6.81. The van der Waals surface area contributed by atoms with E-state index in [4.69, 9.17) is 4.52 Å². The normalized spacial score (nSPS) is 20.7. The Morgan fingerprint density at radius 1 is 1.11 bits per heavy atom. The molecule has 0 aliphatic heterocycles. The van der Waals surface area contributed by atoms with E-state index in [1.165, 1.54) is 19.1 Å². The smallest absolute Gasteiger partial charge is 0.237 e. The standard InChI is InChI=1S/C20H23F2N3O2/c1-13(26)24-20(10-3-2-4-11-20)17-23-18(27-25-17)19(8-5-9-19)15-7-6-14(21)12-16(15)22/h6-7,12H,2-5,8-11H2,1H3,(H,24,26). The second-order valence-electron chi connectivity index (χ2n) is 7.81. The number of nitrogens with one attached hydrogen (secondary N) is 1. The van der Waals surface area contributed by atoms with Crippen LogP contribution in [0.15, 0.2) is 22.7 Å². The van der Waals surface area contributed by atoms with Crippen LogP contribution >= 0.6 is 0 Å². The number of carbonyl (C=O) groups excluding carboxylic acids is 1. The summed E-state index contributed by atoms with van der Waals surface area (Å²) in [6.45, 7) is 1.48. The summed E-state index contributed by atoms with van der Waals surface area (Å²) in [5.41, 5.74) is -0.949. The molecule has 1 aromatic heterocycles. The fraction of sp³-hybridized carbons (Fsp3) is 0.550. The van der Waals surface area contributed by atoms with Crippen LogP contribution in [0, 0.1) is 11.6 Å². The molecule has 0 spiro atoms. The van der Waals surface area contributed by atoms with Crippen molar-refractivity contribution in [3.8, 4) is 0 Å². The van der Waals surface area contributed by atoms with Crippen LogP contribution < -0.4 is 5.32 Å². The summed E-state index contributed by atoms with van der Waals surface area (Å²) in [5, 5.41) is 7.21. The second-order valence-corrected chi connectivity index (χ2v) is 7.81. The Morgan fingerprint density at radius 3 is 2.44 bits per heavy atom. The lowest BCUT2D eigenvalue weighted by molar-refractivity contribution is -0.121. The van der Waals surface area contributed by atoms with Crippen LogP contribution in [0.2, 0.25) is 0 Å². The maximum atomic E-state index is 14.5. The maximum Gasteiger partial charge on any atom is 0.237 e. The number of carbonyl (C=O) groups is 1. The molecule has 2 aliphatic carbocycles. The van der Waals surface area contributed by atoms with Crippen LogP contribution in [-0.2, 0) is 15.7 Å². The fourth-order valence-corrected chi connectivity index (χ4v) is 4.52. The molecule has 2 fully saturated rings. The molecule has 0 radical (unpaired) electrons. The quantitative estimate of drug-likeness (QED) is 0.873. The van der Waals surface area contributed by atoms with Gasteiger partial charge in [-0.15, -0.1) is 0 Å². The number of nitrogens with zero attached hydrogens (tertiary/aromatic N) is 2.